The molecule has 4 aliphatic carbocycles. The molecule has 0 radical (unpaired) electrons. The molecule has 4 aliphatic rings. The van der Waals surface area contributed by atoms with Gasteiger partial charge in [-0.3, -0.25) is 4.79 Å². The van der Waals surface area contributed by atoms with Crippen LogP contribution in [0.5, 0.6) is 0 Å². The van der Waals surface area contributed by atoms with Crippen LogP contribution < -0.4 is 0 Å². The van der Waals surface area contributed by atoms with Gasteiger partial charge in [-0.25, -0.2) is 0 Å². The molecule has 0 amide bonds. The third-order valence-electron chi connectivity index (χ3n) is 8.61. The summed E-state index contributed by atoms with van der Waals surface area (Å²) in [6.07, 6.45) is 13.6. The van der Waals surface area contributed by atoms with Crippen molar-refractivity contribution < 1.29 is 4.79 Å². The number of hydrogen-bond acceptors (Lipinski definition) is 1. The standard InChI is InChI=1S/C21H32O/c1-14-7-9-16-15-8-10-18-19(22)6-4-5-12-21(18,3)17(15)11-13-20(14,16)2/h7,15-18H,4-6,8-13H2,1-3H3. The number of ketones is 1. The summed E-state index contributed by atoms with van der Waals surface area (Å²) in [6.45, 7) is 7.39. The van der Waals surface area contributed by atoms with Crippen LogP contribution in [0, 0.1) is 34.5 Å². The van der Waals surface area contributed by atoms with Crippen molar-refractivity contribution in [3.63, 3.8) is 0 Å². The molecule has 4 rings (SSSR count). The lowest BCUT2D eigenvalue weighted by atomic mass is 9.46. The lowest BCUT2D eigenvalue weighted by Crippen LogP contribution is -2.52. The van der Waals surface area contributed by atoms with Gasteiger partial charge >= 0.3 is 0 Å². The second-order valence-corrected chi connectivity index (χ2v) is 9.26. The summed E-state index contributed by atoms with van der Waals surface area (Å²) in [4.78, 5) is 12.7. The summed E-state index contributed by atoms with van der Waals surface area (Å²) >= 11 is 0. The highest BCUT2D eigenvalue weighted by molar-refractivity contribution is 5.82. The summed E-state index contributed by atoms with van der Waals surface area (Å²) in [6, 6.07) is 0. The van der Waals surface area contributed by atoms with E-state index < -0.39 is 0 Å². The van der Waals surface area contributed by atoms with Crippen LogP contribution in [0.25, 0.3) is 0 Å². The highest BCUT2D eigenvalue weighted by atomic mass is 16.1. The summed E-state index contributed by atoms with van der Waals surface area (Å²) in [5.74, 6) is 3.54. The normalized spacial score (nSPS) is 51.4. The van der Waals surface area contributed by atoms with Crippen molar-refractivity contribution in [3.05, 3.63) is 11.6 Å². The SMILES string of the molecule is CC1=CCC2C3CCC4C(=O)CCCCC4(C)C3CCC12C. The molecule has 0 aromatic rings. The fourth-order valence-corrected chi connectivity index (χ4v) is 7.11. The van der Waals surface area contributed by atoms with Crippen molar-refractivity contribution in [2.45, 2.75) is 78.6 Å². The molecule has 3 saturated carbocycles. The van der Waals surface area contributed by atoms with Crippen molar-refractivity contribution >= 4 is 5.78 Å². The molecule has 0 aromatic heterocycles. The van der Waals surface area contributed by atoms with E-state index in [-0.39, 0.29) is 0 Å². The van der Waals surface area contributed by atoms with Gasteiger partial charge in [0.2, 0.25) is 0 Å². The van der Waals surface area contributed by atoms with Crippen LogP contribution in [0.15, 0.2) is 11.6 Å². The van der Waals surface area contributed by atoms with Crippen LogP contribution in [0.2, 0.25) is 0 Å². The average Bonchev–Trinajstić information content (AvgIpc) is 2.70. The van der Waals surface area contributed by atoms with Gasteiger partial charge in [-0.15, -0.1) is 0 Å². The quantitative estimate of drug-likeness (QED) is 0.536. The van der Waals surface area contributed by atoms with Crippen LogP contribution in [0.4, 0.5) is 0 Å². The van der Waals surface area contributed by atoms with Gasteiger partial charge in [0.15, 0.2) is 0 Å². The van der Waals surface area contributed by atoms with Gasteiger partial charge in [0.05, 0.1) is 0 Å². The zero-order valence-corrected chi connectivity index (χ0v) is 14.7. The number of hydrogen-bond donors (Lipinski definition) is 0. The molecule has 0 aliphatic heterocycles. The Kier molecular flexibility index (Phi) is 3.37. The number of rotatable bonds is 0. The van der Waals surface area contributed by atoms with Crippen molar-refractivity contribution in [2.24, 2.45) is 34.5 Å². The van der Waals surface area contributed by atoms with Crippen LogP contribution in [0.3, 0.4) is 0 Å². The summed E-state index contributed by atoms with van der Waals surface area (Å²) in [5.41, 5.74) is 2.44. The molecular formula is C21H32O. The molecule has 0 heterocycles. The largest absolute Gasteiger partial charge is 0.299 e. The Balaban J connectivity index is 1.67. The summed E-state index contributed by atoms with van der Waals surface area (Å²) < 4.78 is 0. The minimum Gasteiger partial charge on any atom is -0.299 e. The fraction of sp³-hybridized carbons (Fsp3) is 0.857. The molecule has 0 aromatic carbocycles. The van der Waals surface area contributed by atoms with E-state index in [1.807, 2.05) is 0 Å². The summed E-state index contributed by atoms with van der Waals surface area (Å²) in [7, 11) is 0. The first-order valence-electron chi connectivity index (χ1n) is 9.67. The first kappa shape index (κ1) is 15.0. The van der Waals surface area contributed by atoms with E-state index in [2.05, 4.69) is 26.8 Å². The Labute approximate surface area is 135 Å². The van der Waals surface area contributed by atoms with Gasteiger partial charge in [-0.1, -0.05) is 31.9 Å². The first-order valence-corrected chi connectivity index (χ1v) is 9.67. The molecule has 0 N–H and O–H groups in total. The maximum atomic E-state index is 12.7. The van der Waals surface area contributed by atoms with Gasteiger partial charge in [0, 0.05) is 12.3 Å². The number of allylic oxidation sites excluding steroid dienone is 2. The minimum absolute atomic E-state index is 0.314. The zero-order valence-electron chi connectivity index (χ0n) is 14.7. The van der Waals surface area contributed by atoms with E-state index in [1.54, 1.807) is 5.57 Å². The molecule has 22 heavy (non-hydrogen) atoms. The first-order chi connectivity index (χ1) is 10.5. The molecule has 0 bridgehead atoms. The maximum Gasteiger partial charge on any atom is 0.136 e. The monoisotopic (exact) mass is 300 g/mol. The molecular weight excluding hydrogens is 268 g/mol. The fourth-order valence-electron chi connectivity index (χ4n) is 7.11. The third-order valence-corrected chi connectivity index (χ3v) is 8.61. The van der Waals surface area contributed by atoms with Gasteiger partial charge < -0.3 is 0 Å². The van der Waals surface area contributed by atoms with Crippen molar-refractivity contribution in [3.8, 4) is 0 Å². The summed E-state index contributed by atoms with van der Waals surface area (Å²) in [5, 5.41) is 0. The van der Waals surface area contributed by atoms with E-state index in [9.17, 15) is 4.79 Å². The molecule has 0 saturated heterocycles. The number of carbonyl (C=O) groups excluding carboxylic acids is 1. The highest BCUT2D eigenvalue weighted by Gasteiger charge is 2.58. The van der Waals surface area contributed by atoms with Crippen LogP contribution in [0.1, 0.15) is 78.6 Å². The lowest BCUT2D eigenvalue weighted by molar-refractivity contribution is -0.138. The van der Waals surface area contributed by atoms with Gasteiger partial charge in [0.25, 0.3) is 0 Å². The highest BCUT2D eigenvalue weighted by Crippen LogP contribution is 2.65. The molecule has 6 atom stereocenters. The van der Waals surface area contributed by atoms with Crippen molar-refractivity contribution in [2.75, 3.05) is 0 Å². The molecule has 1 nitrogen and oxygen atoms in total. The number of Topliss-reactive ketones (excluding diaryl/α,β-unsaturated/α-hetero) is 1. The van der Waals surface area contributed by atoms with Gasteiger partial charge in [0.1, 0.15) is 5.78 Å². The van der Waals surface area contributed by atoms with Crippen LogP contribution in [-0.4, -0.2) is 5.78 Å². The Morgan fingerprint density at radius 3 is 2.68 bits per heavy atom. The second kappa shape index (κ2) is 4.95. The molecule has 0 spiro atoms. The average molecular weight is 300 g/mol. The van der Waals surface area contributed by atoms with Gasteiger partial charge in [-0.2, -0.15) is 0 Å². The molecule has 6 unspecified atom stereocenters. The van der Waals surface area contributed by atoms with Crippen LogP contribution >= 0.6 is 0 Å². The lowest BCUT2D eigenvalue weighted by Gasteiger charge is -2.58. The van der Waals surface area contributed by atoms with E-state index in [0.29, 0.717) is 22.5 Å². The number of fused-ring (bicyclic) bond motifs is 5. The van der Waals surface area contributed by atoms with E-state index in [4.69, 9.17) is 0 Å². The zero-order chi connectivity index (χ0) is 15.5. The van der Waals surface area contributed by atoms with Crippen molar-refractivity contribution in [1.29, 1.82) is 0 Å². The smallest absolute Gasteiger partial charge is 0.136 e. The Hall–Kier alpha value is -0.590. The maximum absolute atomic E-state index is 12.7. The predicted molar refractivity (Wildman–Crippen MR) is 90.5 cm³/mol. The molecule has 3 fully saturated rings. The number of carbonyl (C=O) groups is 1. The van der Waals surface area contributed by atoms with Crippen LogP contribution in [-0.2, 0) is 4.79 Å². The van der Waals surface area contributed by atoms with E-state index in [0.717, 1.165) is 30.6 Å². The Bertz CT molecular complexity index is 518. The minimum atomic E-state index is 0.314. The van der Waals surface area contributed by atoms with E-state index in [1.165, 1.54) is 44.9 Å². The van der Waals surface area contributed by atoms with Crippen molar-refractivity contribution in [1.82, 2.24) is 0 Å². The predicted octanol–water partition coefficient (Wildman–Crippen LogP) is 5.54. The molecule has 122 valence electrons. The molecule has 1 heteroatoms. The second-order valence-electron chi connectivity index (χ2n) is 9.26. The van der Waals surface area contributed by atoms with Gasteiger partial charge in [-0.05, 0) is 80.5 Å². The Morgan fingerprint density at radius 2 is 1.86 bits per heavy atom. The van der Waals surface area contributed by atoms with E-state index >= 15 is 0 Å². The topological polar surface area (TPSA) is 17.1 Å². The third kappa shape index (κ3) is 1.86. The Morgan fingerprint density at radius 1 is 1.05 bits per heavy atom.